The molecule has 2 rings (SSSR count). The van der Waals surface area contributed by atoms with Crippen LogP contribution in [0.3, 0.4) is 0 Å². The van der Waals surface area contributed by atoms with Crippen molar-refractivity contribution in [1.82, 2.24) is 5.32 Å². The molecule has 1 aliphatic carbocycles. The van der Waals surface area contributed by atoms with E-state index in [2.05, 4.69) is 10.6 Å². The van der Waals surface area contributed by atoms with Gasteiger partial charge in [0.2, 0.25) is 5.91 Å². The predicted molar refractivity (Wildman–Crippen MR) is 67.2 cm³/mol. The summed E-state index contributed by atoms with van der Waals surface area (Å²) >= 11 is 0. The van der Waals surface area contributed by atoms with E-state index >= 15 is 0 Å². The fourth-order valence-electron chi connectivity index (χ4n) is 1.71. The van der Waals surface area contributed by atoms with Crippen LogP contribution in [0.4, 0.5) is 10.1 Å². The third-order valence-corrected chi connectivity index (χ3v) is 2.90. The monoisotopic (exact) mass is 252 g/mol. The van der Waals surface area contributed by atoms with Gasteiger partial charge >= 0.3 is 0 Å². The van der Waals surface area contributed by atoms with Gasteiger partial charge in [0, 0.05) is 11.8 Å². The minimum absolute atomic E-state index is 0.143. The third kappa shape index (κ3) is 3.20. The zero-order valence-electron chi connectivity index (χ0n) is 10.3. The van der Waals surface area contributed by atoms with Gasteiger partial charge in [0.15, 0.2) is 11.6 Å². The van der Waals surface area contributed by atoms with E-state index in [1.165, 1.54) is 6.07 Å². The number of hydrogen-bond acceptors (Lipinski definition) is 3. The van der Waals surface area contributed by atoms with Crippen molar-refractivity contribution in [1.29, 1.82) is 0 Å². The normalized spacial score (nSPS) is 15.0. The first-order chi connectivity index (χ1) is 8.69. The standard InChI is InChI=1S/C13H17FN2O2/c1-15-8-13(17)16-9-5-6-12(11(14)7-9)18-10-3-2-4-10/h5-7,10,15H,2-4,8H2,1H3,(H,16,17). The summed E-state index contributed by atoms with van der Waals surface area (Å²) in [6.07, 6.45) is 3.26. The Kier molecular flexibility index (Phi) is 4.15. The Balaban J connectivity index is 1.97. The van der Waals surface area contributed by atoms with Gasteiger partial charge in [-0.05, 0) is 38.4 Å². The van der Waals surface area contributed by atoms with E-state index in [0.29, 0.717) is 5.69 Å². The summed E-state index contributed by atoms with van der Waals surface area (Å²) < 4.78 is 19.2. The summed E-state index contributed by atoms with van der Waals surface area (Å²) in [6.45, 7) is 0.196. The van der Waals surface area contributed by atoms with Crippen molar-refractivity contribution in [2.45, 2.75) is 25.4 Å². The van der Waals surface area contributed by atoms with Crippen LogP contribution >= 0.6 is 0 Å². The van der Waals surface area contributed by atoms with Gasteiger partial charge < -0.3 is 15.4 Å². The van der Waals surface area contributed by atoms with Crippen molar-refractivity contribution in [2.24, 2.45) is 0 Å². The highest BCUT2D eigenvalue weighted by Gasteiger charge is 2.20. The SMILES string of the molecule is CNCC(=O)Nc1ccc(OC2CCC2)c(F)c1. The molecule has 1 aromatic carbocycles. The lowest BCUT2D eigenvalue weighted by molar-refractivity contribution is -0.115. The molecule has 1 saturated carbocycles. The number of anilines is 1. The van der Waals surface area contributed by atoms with Crippen LogP contribution in [-0.4, -0.2) is 25.6 Å². The molecule has 1 aromatic rings. The molecule has 0 aliphatic heterocycles. The van der Waals surface area contributed by atoms with Crippen LogP contribution in [0.2, 0.25) is 0 Å². The number of amides is 1. The summed E-state index contributed by atoms with van der Waals surface area (Å²) in [5, 5.41) is 5.32. The fourth-order valence-corrected chi connectivity index (χ4v) is 1.71. The summed E-state index contributed by atoms with van der Waals surface area (Å²) in [5.74, 6) is -0.389. The Bertz CT molecular complexity index is 433. The molecule has 0 saturated heterocycles. The molecule has 5 heteroatoms. The lowest BCUT2D eigenvalue weighted by atomic mass is 9.96. The maximum Gasteiger partial charge on any atom is 0.238 e. The quantitative estimate of drug-likeness (QED) is 0.841. The number of rotatable bonds is 5. The van der Waals surface area contributed by atoms with E-state index in [0.717, 1.165) is 19.3 Å². The number of benzene rings is 1. The molecular weight excluding hydrogens is 235 g/mol. The highest BCUT2D eigenvalue weighted by Crippen LogP contribution is 2.28. The van der Waals surface area contributed by atoms with E-state index in [1.807, 2.05) is 0 Å². The molecule has 0 heterocycles. The van der Waals surface area contributed by atoms with Crippen LogP contribution < -0.4 is 15.4 Å². The van der Waals surface area contributed by atoms with Crippen molar-refractivity contribution in [3.05, 3.63) is 24.0 Å². The van der Waals surface area contributed by atoms with Gasteiger partial charge in [0.05, 0.1) is 12.6 Å². The van der Waals surface area contributed by atoms with Crippen LogP contribution in [0.15, 0.2) is 18.2 Å². The first-order valence-electron chi connectivity index (χ1n) is 6.09. The molecular formula is C13H17FN2O2. The molecule has 2 N–H and O–H groups in total. The number of likely N-dealkylation sites (N-methyl/N-ethyl adjacent to an activating group) is 1. The summed E-state index contributed by atoms with van der Waals surface area (Å²) in [7, 11) is 1.68. The number of nitrogens with one attached hydrogen (secondary N) is 2. The van der Waals surface area contributed by atoms with Gasteiger partial charge in [-0.15, -0.1) is 0 Å². The van der Waals surface area contributed by atoms with Gasteiger partial charge in [-0.2, -0.15) is 0 Å². The molecule has 1 aliphatic rings. The molecule has 0 aromatic heterocycles. The van der Waals surface area contributed by atoms with Crippen molar-refractivity contribution in [3.63, 3.8) is 0 Å². The van der Waals surface area contributed by atoms with Crippen LogP contribution in [0.1, 0.15) is 19.3 Å². The molecule has 0 bridgehead atoms. The van der Waals surface area contributed by atoms with Crippen LogP contribution in [0.5, 0.6) is 5.75 Å². The molecule has 0 radical (unpaired) electrons. The van der Waals surface area contributed by atoms with Crippen LogP contribution in [0, 0.1) is 5.82 Å². The number of halogens is 1. The van der Waals surface area contributed by atoms with E-state index in [4.69, 9.17) is 4.74 Å². The van der Waals surface area contributed by atoms with Gasteiger partial charge in [0.1, 0.15) is 0 Å². The van der Waals surface area contributed by atoms with E-state index in [1.54, 1.807) is 19.2 Å². The maximum absolute atomic E-state index is 13.7. The predicted octanol–water partition coefficient (Wildman–Crippen LogP) is 1.91. The van der Waals surface area contributed by atoms with Crippen molar-refractivity contribution < 1.29 is 13.9 Å². The molecule has 18 heavy (non-hydrogen) atoms. The van der Waals surface area contributed by atoms with Crippen molar-refractivity contribution >= 4 is 11.6 Å². The van der Waals surface area contributed by atoms with Crippen molar-refractivity contribution in [3.8, 4) is 5.75 Å². The Hall–Kier alpha value is -1.62. The number of carbonyl (C=O) groups is 1. The second-order valence-corrected chi connectivity index (χ2v) is 4.39. The highest BCUT2D eigenvalue weighted by molar-refractivity contribution is 5.92. The molecule has 98 valence electrons. The van der Waals surface area contributed by atoms with Crippen LogP contribution in [-0.2, 0) is 4.79 Å². The first kappa shape index (κ1) is 12.8. The number of hydrogen-bond donors (Lipinski definition) is 2. The molecule has 1 amide bonds. The maximum atomic E-state index is 13.7. The average Bonchev–Trinajstić information content (AvgIpc) is 2.26. The lowest BCUT2D eigenvalue weighted by Gasteiger charge is -2.26. The topological polar surface area (TPSA) is 50.4 Å². The van der Waals surface area contributed by atoms with E-state index < -0.39 is 5.82 Å². The minimum Gasteiger partial charge on any atom is -0.487 e. The molecule has 1 fully saturated rings. The van der Waals surface area contributed by atoms with E-state index in [-0.39, 0.29) is 24.3 Å². The van der Waals surface area contributed by atoms with Gasteiger partial charge in [-0.1, -0.05) is 0 Å². The molecule has 4 nitrogen and oxygen atoms in total. The second-order valence-electron chi connectivity index (χ2n) is 4.39. The number of carbonyl (C=O) groups excluding carboxylic acids is 1. The zero-order chi connectivity index (χ0) is 13.0. The molecule has 0 atom stereocenters. The largest absolute Gasteiger partial charge is 0.487 e. The lowest BCUT2D eigenvalue weighted by Crippen LogP contribution is -2.26. The fraction of sp³-hybridized carbons (Fsp3) is 0.462. The van der Waals surface area contributed by atoms with Gasteiger partial charge in [0.25, 0.3) is 0 Å². The molecule has 0 unspecified atom stereocenters. The third-order valence-electron chi connectivity index (χ3n) is 2.90. The van der Waals surface area contributed by atoms with Gasteiger partial charge in [-0.25, -0.2) is 4.39 Å². The zero-order valence-corrected chi connectivity index (χ0v) is 10.3. The Morgan fingerprint density at radius 1 is 1.50 bits per heavy atom. The Labute approximate surface area is 106 Å². The van der Waals surface area contributed by atoms with Crippen molar-refractivity contribution in [2.75, 3.05) is 18.9 Å². The summed E-state index contributed by atoms with van der Waals surface area (Å²) in [6, 6.07) is 4.48. The first-order valence-corrected chi connectivity index (χ1v) is 6.09. The molecule has 0 spiro atoms. The van der Waals surface area contributed by atoms with Crippen LogP contribution in [0.25, 0.3) is 0 Å². The summed E-state index contributed by atoms with van der Waals surface area (Å²) in [4.78, 5) is 11.3. The minimum atomic E-state index is -0.441. The number of ether oxygens (including phenoxy) is 1. The Morgan fingerprint density at radius 2 is 2.28 bits per heavy atom. The van der Waals surface area contributed by atoms with E-state index in [9.17, 15) is 9.18 Å². The highest BCUT2D eigenvalue weighted by atomic mass is 19.1. The smallest absolute Gasteiger partial charge is 0.238 e. The van der Waals surface area contributed by atoms with Gasteiger partial charge in [-0.3, -0.25) is 4.79 Å². The average molecular weight is 252 g/mol. The Morgan fingerprint density at radius 3 is 2.83 bits per heavy atom. The summed E-state index contributed by atoms with van der Waals surface area (Å²) in [5.41, 5.74) is 0.439. The second kappa shape index (κ2) is 5.82.